The number of ether oxygens (including phenoxy) is 2. The fourth-order valence-corrected chi connectivity index (χ4v) is 8.12. The topological polar surface area (TPSA) is 57.2 Å². The van der Waals surface area contributed by atoms with Gasteiger partial charge in [-0.2, -0.15) is 4.21 Å². The molecular weight excluding hydrogens is 522 g/mol. The lowest BCUT2D eigenvalue weighted by Gasteiger charge is -2.56. The highest BCUT2D eigenvalue weighted by Crippen LogP contribution is 2.62. The first-order chi connectivity index (χ1) is 19.6. The average molecular weight is 558 g/mol. The van der Waals surface area contributed by atoms with Crippen molar-refractivity contribution in [2.45, 2.75) is 49.3 Å². The zero-order valence-electron chi connectivity index (χ0n) is 23.0. The number of rotatable bonds is 9. The van der Waals surface area contributed by atoms with Crippen molar-refractivity contribution in [3.8, 4) is 22.6 Å². The number of hydrogen-bond donors (Lipinski definition) is 0. The molecule has 3 aromatic rings. The smallest absolute Gasteiger partial charge is 0.305 e. The number of methoxy groups -OCH3 is 1. The van der Waals surface area contributed by atoms with Gasteiger partial charge in [-0.05, 0) is 67.6 Å². The number of piperidine rings is 1. The van der Waals surface area contributed by atoms with E-state index in [2.05, 4.69) is 72.6 Å². The molecule has 2 bridgehead atoms. The highest BCUT2D eigenvalue weighted by molar-refractivity contribution is 7.75. The Hall–Kier alpha value is -2.97. The van der Waals surface area contributed by atoms with Gasteiger partial charge in [-0.3, -0.25) is 8.37 Å². The molecule has 3 aromatic carbocycles. The van der Waals surface area contributed by atoms with Crippen molar-refractivity contribution in [1.82, 2.24) is 4.90 Å². The van der Waals surface area contributed by atoms with Crippen LogP contribution in [0.1, 0.15) is 29.5 Å². The Morgan fingerprint density at radius 3 is 2.62 bits per heavy atom. The second kappa shape index (κ2) is 10.5. The van der Waals surface area contributed by atoms with Crippen molar-refractivity contribution < 1.29 is 22.0 Å². The van der Waals surface area contributed by atoms with Gasteiger partial charge >= 0.3 is 11.4 Å². The molecule has 40 heavy (non-hydrogen) atoms. The summed E-state index contributed by atoms with van der Waals surface area (Å²) in [4.78, 5) is 2.47. The van der Waals surface area contributed by atoms with E-state index < -0.39 is 17.5 Å². The van der Waals surface area contributed by atoms with E-state index in [0.717, 1.165) is 43.7 Å². The molecule has 0 saturated carbocycles. The molecule has 1 spiro atoms. The van der Waals surface area contributed by atoms with Gasteiger partial charge in [0.15, 0.2) is 11.5 Å². The Labute approximate surface area is 238 Å². The minimum atomic E-state index is -1.88. The lowest BCUT2D eigenvalue weighted by molar-refractivity contribution is -0.0378. The molecule has 2 aliphatic heterocycles. The van der Waals surface area contributed by atoms with E-state index >= 15 is 0 Å². The molecule has 7 rings (SSSR count). The molecule has 0 amide bonds. The van der Waals surface area contributed by atoms with Crippen molar-refractivity contribution in [3.05, 3.63) is 95.6 Å². The zero-order valence-corrected chi connectivity index (χ0v) is 23.8. The molecule has 6 unspecified atom stereocenters. The SMILES string of the molecule is COc1ccc2c3c1OC1C(OS(=O)OCCCc4ccc(-c5ccccc5)cc4)C=CC4C(C2)N(C)CCC341. The van der Waals surface area contributed by atoms with E-state index in [4.69, 9.17) is 17.8 Å². The monoisotopic (exact) mass is 557 g/mol. The first-order valence-electron chi connectivity index (χ1n) is 14.2. The van der Waals surface area contributed by atoms with Crippen LogP contribution in [0, 0.1) is 5.92 Å². The van der Waals surface area contributed by atoms with Crippen molar-refractivity contribution in [2.24, 2.45) is 5.92 Å². The minimum Gasteiger partial charge on any atom is -0.493 e. The van der Waals surface area contributed by atoms with E-state index in [-0.39, 0.29) is 11.5 Å². The second-order valence-electron chi connectivity index (χ2n) is 11.4. The van der Waals surface area contributed by atoms with E-state index in [0.29, 0.717) is 18.6 Å². The van der Waals surface area contributed by atoms with Gasteiger partial charge in [0.2, 0.25) is 0 Å². The van der Waals surface area contributed by atoms with Gasteiger partial charge < -0.3 is 14.4 Å². The third-order valence-corrected chi connectivity index (χ3v) is 10.1. The number of likely N-dealkylation sites (N-methyl/N-ethyl adjacent to an activating group) is 1. The molecule has 6 nitrogen and oxygen atoms in total. The third-order valence-electron chi connectivity index (χ3n) is 9.38. The Morgan fingerprint density at radius 2 is 1.82 bits per heavy atom. The maximum Gasteiger partial charge on any atom is 0.305 e. The van der Waals surface area contributed by atoms with Crippen molar-refractivity contribution >= 4 is 11.4 Å². The van der Waals surface area contributed by atoms with E-state index in [1.54, 1.807) is 7.11 Å². The molecule has 6 atom stereocenters. The fraction of sp³-hybridized carbons (Fsp3) is 0.394. The number of benzene rings is 3. The molecule has 1 fully saturated rings. The van der Waals surface area contributed by atoms with Crippen LogP contribution in [-0.2, 0) is 38.0 Å². The molecule has 0 radical (unpaired) electrons. The highest BCUT2D eigenvalue weighted by atomic mass is 32.2. The van der Waals surface area contributed by atoms with Crippen molar-refractivity contribution in [1.29, 1.82) is 0 Å². The molecule has 4 aliphatic rings. The molecule has 2 heterocycles. The molecule has 7 heteroatoms. The Bertz CT molecular complexity index is 1440. The third kappa shape index (κ3) is 4.22. The van der Waals surface area contributed by atoms with Gasteiger partial charge in [-0.25, -0.2) is 0 Å². The summed E-state index contributed by atoms with van der Waals surface area (Å²) in [6.45, 7) is 1.34. The standard InChI is InChI=1S/C33H35NO5S/c1-34-19-18-33-26-15-17-29(32(33)38-31-28(36-2)16-14-25(30(31)33)21-27(26)34)39-40(35)37-20-6-7-22-10-12-24(13-11-22)23-8-4-3-5-9-23/h3-5,8-17,26-27,29,32H,6-7,18-21H2,1-2H3. The van der Waals surface area contributed by atoms with Gasteiger partial charge in [-0.1, -0.05) is 72.8 Å². The van der Waals surface area contributed by atoms with Crippen LogP contribution in [0.25, 0.3) is 11.1 Å². The summed E-state index contributed by atoms with van der Waals surface area (Å²) in [5.74, 6) is 1.91. The van der Waals surface area contributed by atoms with E-state index in [1.165, 1.54) is 27.8 Å². The molecule has 0 N–H and O–H groups in total. The van der Waals surface area contributed by atoms with E-state index in [9.17, 15) is 4.21 Å². The predicted octanol–water partition coefficient (Wildman–Crippen LogP) is 5.42. The Balaban J connectivity index is 1.00. The van der Waals surface area contributed by atoms with Crippen LogP contribution >= 0.6 is 0 Å². The quantitative estimate of drug-likeness (QED) is 0.259. The van der Waals surface area contributed by atoms with Crippen LogP contribution in [-0.4, -0.2) is 54.7 Å². The largest absolute Gasteiger partial charge is 0.493 e. The summed E-state index contributed by atoms with van der Waals surface area (Å²) in [6.07, 6.45) is 7.14. The summed E-state index contributed by atoms with van der Waals surface area (Å²) in [5.41, 5.74) is 6.03. The van der Waals surface area contributed by atoms with Crippen LogP contribution in [0.4, 0.5) is 0 Å². The molecule has 1 saturated heterocycles. The lowest BCUT2D eigenvalue weighted by Crippen LogP contribution is -2.65. The maximum atomic E-state index is 12.9. The molecular formula is C33H35NO5S. The summed E-state index contributed by atoms with van der Waals surface area (Å²) in [5, 5.41) is 0. The van der Waals surface area contributed by atoms with Gasteiger partial charge in [-0.15, -0.1) is 0 Å². The predicted molar refractivity (Wildman–Crippen MR) is 156 cm³/mol. The maximum absolute atomic E-state index is 12.9. The van der Waals surface area contributed by atoms with Gasteiger partial charge in [0.05, 0.1) is 13.7 Å². The van der Waals surface area contributed by atoms with Gasteiger partial charge in [0, 0.05) is 22.9 Å². The van der Waals surface area contributed by atoms with Crippen molar-refractivity contribution in [3.63, 3.8) is 0 Å². The number of likely N-dealkylation sites (tertiary alicyclic amines) is 1. The summed E-state index contributed by atoms with van der Waals surface area (Å²) in [6, 6.07) is 23.6. The summed E-state index contributed by atoms with van der Waals surface area (Å²) < 4.78 is 37.0. The lowest BCUT2D eigenvalue weighted by atomic mass is 9.53. The number of aryl methyl sites for hydroxylation is 1. The first-order valence-corrected chi connectivity index (χ1v) is 15.2. The molecule has 0 aromatic heterocycles. The number of nitrogens with zero attached hydrogens (tertiary/aromatic N) is 1. The zero-order chi connectivity index (χ0) is 27.3. The minimum absolute atomic E-state index is 0.204. The first kappa shape index (κ1) is 26.0. The average Bonchev–Trinajstić information content (AvgIpc) is 3.34. The summed E-state index contributed by atoms with van der Waals surface area (Å²) in [7, 11) is 3.90. The normalized spacial score (nSPS) is 28.6. The van der Waals surface area contributed by atoms with Crippen LogP contribution in [0.5, 0.6) is 11.5 Å². The van der Waals surface area contributed by atoms with Crippen molar-refractivity contribution in [2.75, 3.05) is 27.3 Å². The van der Waals surface area contributed by atoms with Crippen LogP contribution < -0.4 is 9.47 Å². The fourth-order valence-electron chi connectivity index (χ4n) is 7.47. The Kier molecular flexibility index (Phi) is 6.79. The van der Waals surface area contributed by atoms with Crippen LogP contribution in [0.3, 0.4) is 0 Å². The Morgan fingerprint density at radius 1 is 1.02 bits per heavy atom. The highest BCUT2D eigenvalue weighted by Gasteiger charge is 2.65. The molecule has 208 valence electrons. The number of hydrogen-bond acceptors (Lipinski definition) is 6. The van der Waals surface area contributed by atoms with Crippen LogP contribution in [0.2, 0.25) is 0 Å². The summed E-state index contributed by atoms with van der Waals surface area (Å²) >= 11 is -1.88. The second-order valence-corrected chi connectivity index (χ2v) is 12.2. The van der Waals surface area contributed by atoms with Gasteiger partial charge in [0.25, 0.3) is 0 Å². The molecule has 2 aliphatic carbocycles. The van der Waals surface area contributed by atoms with E-state index in [1.807, 2.05) is 18.2 Å². The van der Waals surface area contributed by atoms with Crippen LogP contribution in [0.15, 0.2) is 78.9 Å². The van der Waals surface area contributed by atoms with Gasteiger partial charge in [0.1, 0.15) is 12.2 Å².